The van der Waals surface area contributed by atoms with Gasteiger partial charge in [0, 0.05) is 18.3 Å². The number of nitrogens with two attached hydrogens (primary N) is 1. The maximum Gasteiger partial charge on any atom is 0.187 e. The van der Waals surface area contributed by atoms with Gasteiger partial charge in [-0.1, -0.05) is 24.4 Å². The van der Waals surface area contributed by atoms with E-state index in [0.717, 1.165) is 11.3 Å². The summed E-state index contributed by atoms with van der Waals surface area (Å²) >= 11 is 4.93. The Bertz CT molecular complexity index is 630. The largest absolute Gasteiger partial charge is 0.389 e. The van der Waals surface area contributed by atoms with Gasteiger partial charge in [0.25, 0.3) is 0 Å². The molecular formula is C13H13FN4S. The van der Waals surface area contributed by atoms with E-state index in [0.29, 0.717) is 10.7 Å². The average Bonchev–Trinajstić information content (AvgIpc) is 2.41. The Labute approximate surface area is 116 Å². The van der Waals surface area contributed by atoms with Crippen LogP contribution >= 0.6 is 12.2 Å². The van der Waals surface area contributed by atoms with Gasteiger partial charge in [-0.25, -0.2) is 14.4 Å². The first kappa shape index (κ1) is 13.4. The molecule has 0 saturated heterocycles. The monoisotopic (exact) mass is 276 g/mol. The molecule has 2 aromatic rings. The minimum Gasteiger partial charge on any atom is -0.389 e. The summed E-state index contributed by atoms with van der Waals surface area (Å²) in [7, 11) is 1.73. The molecule has 2 N–H and O–H groups in total. The third-order valence-corrected chi connectivity index (χ3v) is 3.02. The number of hydrogen-bond acceptors (Lipinski definition) is 4. The van der Waals surface area contributed by atoms with E-state index in [9.17, 15) is 4.39 Å². The first-order valence-electron chi connectivity index (χ1n) is 5.61. The summed E-state index contributed by atoms with van der Waals surface area (Å²) in [5, 5.41) is 0. The first-order valence-corrected chi connectivity index (χ1v) is 6.02. The van der Waals surface area contributed by atoms with Crippen LogP contribution in [0.25, 0.3) is 0 Å². The number of halogens is 1. The Morgan fingerprint density at radius 2 is 2.11 bits per heavy atom. The standard InChI is InChI=1S/C13H13FN4S/c1-8-11(14)13(17-7-16-8)18(2)10-5-3-4-9(6-10)12(15)19/h3-7H,1-2H3,(H2,15,19). The van der Waals surface area contributed by atoms with Gasteiger partial charge in [-0.15, -0.1) is 0 Å². The smallest absolute Gasteiger partial charge is 0.187 e. The zero-order valence-electron chi connectivity index (χ0n) is 10.6. The maximum absolute atomic E-state index is 14.0. The lowest BCUT2D eigenvalue weighted by molar-refractivity contribution is 0.601. The SMILES string of the molecule is Cc1ncnc(N(C)c2cccc(C(N)=S)c2)c1F. The lowest BCUT2D eigenvalue weighted by Gasteiger charge is -2.19. The molecule has 0 unspecified atom stereocenters. The van der Waals surface area contributed by atoms with Gasteiger partial charge in [0.2, 0.25) is 0 Å². The fourth-order valence-electron chi connectivity index (χ4n) is 1.67. The van der Waals surface area contributed by atoms with Gasteiger partial charge in [0.15, 0.2) is 11.6 Å². The minimum absolute atomic E-state index is 0.215. The summed E-state index contributed by atoms with van der Waals surface area (Å²) < 4.78 is 14.0. The van der Waals surface area contributed by atoms with Gasteiger partial charge in [-0.3, -0.25) is 0 Å². The Balaban J connectivity index is 2.44. The van der Waals surface area contributed by atoms with Crippen LogP contribution in [0.5, 0.6) is 0 Å². The Hall–Kier alpha value is -2.08. The van der Waals surface area contributed by atoms with E-state index in [1.54, 1.807) is 31.0 Å². The van der Waals surface area contributed by atoms with Crippen molar-refractivity contribution in [2.75, 3.05) is 11.9 Å². The molecule has 0 aliphatic heterocycles. The highest BCUT2D eigenvalue weighted by Crippen LogP contribution is 2.25. The van der Waals surface area contributed by atoms with Crippen LogP contribution in [-0.4, -0.2) is 22.0 Å². The molecule has 2 rings (SSSR count). The van der Waals surface area contributed by atoms with E-state index in [4.69, 9.17) is 18.0 Å². The molecule has 0 spiro atoms. The van der Waals surface area contributed by atoms with Crippen LogP contribution in [0.1, 0.15) is 11.3 Å². The topological polar surface area (TPSA) is 55.0 Å². The van der Waals surface area contributed by atoms with Crippen LogP contribution in [0.4, 0.5) is 15.9 Å². The number of anilines is 2. The molecule has 0 aliphatic carbocycles. The van der Waals surface area contributed by atoms with Crippen LogP contribution in [0, 0.1) is 12.7 Å². The molecule has 0 bridgehead atoms. The van der Waals surface area contributed by atoms with Crippen LogP contribution in [0.3, 0.4) is 0 Å². The van der Waals surface area contributed by atoms with Gasteiger partial charge in [0.1, 0.15) is 11.3 Å². The molecule has 0 saturated carbocycles. The van der Waals surface area contributed by atoms with Crippen molar-refractivity contribution in [2.24, 2.45) is 5.73 Å². The highest BCUT2D eigenvalue weighted by atomic mass is 32.1. The van der Waals surface area contributed by atoms with E-state index in [2.05, 4.69) is 9.97 Å². The maximum atomic E-state index is 14.0. The fourth-order valence-corrected chi connectivity index (χ4v) is 1.80. The van der Waals surface area contributed by atoms with Crippen LogP contribution < -0.4 is 10.6 Å². The lowest BCUT2D eigenvalue weighted by Crippen LogP contribution is -2.16. The summed E-state index contributed by atoms with van der Waals surface area (Å²) in [5.74, 6) is -0.224. The predicted octanol–water partition coefficient (Wildman–Crippen LogP) is 2.33. The van der Waals surface area contributed by atoms with Gasteiger partial charge in [-0.05, 0) is 19.1 Å². The van der Waals surface area contributed by atoms with Gasteiger partial charge >= 0.3 is 0 Å². The van der Waals surface area contributed by atoms with Gasteiger partial charge in [0.05, 0.1) is 5.69 Å². The number of hydrogen-bond donors (Lipinski definition) is 1. The molecule has 1 heterocycles. The number of benzene rings is 1. The van der Waals surface area contributed by atoms with E-state index in [1.807, 2.05) is 12.1 Å². The van der Waals surface area contributed by atoms with E-state index < -0.39 is 5.82 Å². The van der Waals surface area contributed by atoms with Crippen molar-refractivity contribution < 1.29 is 4.39 Å². The van der Waals surface area contributed by atoms with Crippen molar-refractivity contribution in [1.29, 1.82) is 0 Å². The van der Waals surface area contributed by atoms with E-state index in [-0.39, 0.29) is 5.82 Å². The summed E-state index contributed by atoms with van der Waals surface area (Å²) in [6.07, 6.45) is 1.33. The van der Waals surface area contributed by atoms with Crippen LogP contribution in [0.2, 0.25) is 0 Å². The summed E-state index contributed by atoms with van der Waals surface area (Å²) in [6.45, 7) is 1.60. The Kier molecular flexibility index (Phi) is 3.71. The molecule has 1 aromatic carbocycles. The predicted molar refractivity (Wildman–Crippen MR) is 77.1 cm³/mol. The molecule has 0 atom stereocenters. The second-order valence-electron chi connectivity index (χ2n) is 4.07. The fraction of sp³-hybridized carbons (Fsp3) is 0.154. The quantitative estimate of drug-likeness (QED) is 0.872. The highest BCUT2D eigenvalue weighted by Gasteiger charge is 2.14. The lowest BCUT2D eigenvalue weighted by atomic mass is 10.2. The average molecular weight is 276 g/mol. The molecule has 0 aliphatic rings. The van der Waals surface area contributed by atoms with Gasteiger partial charge in [-0.2, -0.15) is 0 Å². The van der Waals surface area contributed by atoms with E-state index in [1.165, 1.54) is 6.33 Å². The number of aromatic nitrogens is 2. The first-order chi connectivity index (χ1) is 9.00. The van der Waals surface area contributed by atoms with Crippen molar-refractivity contribution in [3.8, 4) is 0 Å². The second kappa shape index (κ2) is 5.27. The summed E-state index contributed by atoms with van der Waals surface area (Å²) in [6, 6.07) is 7.24. The molecule has 19 heavy (non-hydrogen) atoms. The molecular weight excluding hydrogens is 263 g/mol. The van der Waals surface area contributed by atoms with Crippen molar-refractivity contribution in [3.63, 3.8) is 0 Å². The zero-order chi connectivity index (χ0) is 14.0. The third kappa shape index (κ3) is 2.68. The second-order valence-corrected chi connectivity index (χ2v) is 4.51. The van der Waals surface area contributed by atoms with E-state index >= 15 is 0 Å². The summed E-state index contributed by atoms with van der Waals surface area (Å²) in [5.41, 5.74) is 7.38. The summed E-state index contributed by atoms with van der Waals surface area (Å²) in [4.78, 5) is 9.70. The number of nitrogens with zero attached hydrogens (tertiary/aromatic N) is 3. The number of rotatable bonds is 3. The number of aryl methyl sites for hydroxylation is 1. The molecule has 0 fully saturated rings. The van der Waals surface area contributed by atoms with Crippen LogP contribution in [0.15, 0.2) is 30.6 Å². The minimum atomic E-state index is -0.439. The third-order valence-electron chi connectivity index (χ3n) is 2.78. The normalized spacial score (nSPS) is 10.3. The van der Waals surface area contributed by atoms with Crippen molar-refractivity contribution >= 4 is 28.7 Å². The van der Waals surface area contributed by atoms with Crippen molar-refractivity contribution in [1.82, 2.24) is 9.97 Å². The molecule has 98 valence electrons. The van der Waals surface area contributed by atoms with Crippen LogP contribution in [-0.2, 0) is 0 Å². The Morgan fingerprint density at radius 3 is 2.79 bits per heavy atom. The van der Waals surface area contributed by atoms with Crippen molar-refractivity contribution in [2.45, 2.75) is 6.92 Å². The highest BCUT2D eigenvalue weighted by molar-refractivity contribution is 7.80. The number of thiocarbonyl (C=S) groups is 1. The molecule has 1 aromatic heterocycles. The molecule has 6 heteroatoms. The van der Waals surface area contributed by atoms with Crippen molar-refractivity contribution in [3.05, 3.63) is 47.7 Å². The molecule has 0 radical (unpaired) electrons. The molecule has 0 amide bonds. The zero-order valence-corrected chi connectivity index (χ0v) is 11.4. The van der Waals surface area contributed by atoms with Gasteiger partial charge < -0.3 is 10.6 Å². The Morgan fingerprint density at radius 1 is 1.37 bits per heavy atom. The molecule has 4 nitrogen and oxygen atoms in total.